The van der Waals surface area contributed by atoms with Gasteiger partial charge < -0.3 is 4.74 Å². The summed E-state index contributed by atoms with van der Waals surface area (Å²) >= 11 is 1.88. The molecule has 5 aromatic rings. The van der Waals surface area contributed by atoms with Crippen molar-refractivity contribution in [1.82, 2.24) is 0 Å². The van der Waals surface area contributed by atoms with Crippen LogP contribution in [0, 0.1) is 0 Å². The van der Waals surface area contributed by atoms with Gasteiger partial charge in [-0.05, 0) is 52.2 Å². The van der Waals surface area contributed by atoms with E-state index in [1.54, 1.807) is 0 Å². The van der Waals surface area contributed by atoms with Gasteiger partial charge in [0, 0.05) is 20.2 Å². The van der Waals surface area contributed by atoms with Crippen LogP contribution in [0.5, 0.6) is 5.75 Å². The van der Waals surface area contributed by atoms with Gasteiger partial charge in [0.25, 0.3) is 0 Å². The number of fused-ring (bicyclic) bond motifs is 7. The fourth-order valence-corrected chi connectivity index (χ4v) is 5.10. The van der Waals surface area contributed by atoms with Gasteiger partial charge in [-0.3, -0.25) is 0 Å². The van der Waals surface area contributed by atoms with Crippen LogP contribution in [0.25, 0.3) is 41.7 Å². The zero-order chi connectivity index (χ0) is 18.2. The third-order valence-electron chi connectivity index (χ3n) is 5.34. The smallest absolute Gasteiger partial charge is 0.119 e. The number of thiophene rings is 1. The second kappa shape index (κ2) is 6.86. The molecule has 0 radical (unpaired) electrons. The summed E-state index contributed by atoms with van der Waals surface area (Å²) in [5, 5.41) is 7.95. The maximum Gasteiger partial charge on any atom is 0.119 e. The molecular weight excluding hydrogens is 348 g/mol. The minimum atomic E-state index is 0.800. The van der Waals surface area contributed by atoms with Crippen LogP contribution in [0.1, 0.15) is 26.2 Å². The third-order valence-corrected chi connectivity index (χ3v) is 6.48. The van der Waals surface area contributed by atoms with Crippen molar-refractivity contribution in [2.75, 3.05) is 6.61 Å². The highest BCUT2D eigenvalue weighted by atomic mass is 32.1. The van der Waals surface area contributed by atoms with Crippen molar-refractivity contribution in [3.63, 3.8) is 0 Å². The average Bonchev–Trinajstić information content (AvgIpc) is 3.09. The van der Waals surface area contributed by atoms with Crippen molar-refractivity contribution in [2.24, 2.45) is 0 Å². The van der Waals surface area contributed by atoms with Crippen LogP contribution in [0.2, 0.25) is 0 Å². The fourth-order valence-electron chi connectivity index (χ4n) is 3.98. The minimum Gasteiger partial charge on any atom is -0.494 e. The van der Waals surface area contributed by atoms with Crippen molar-refractivity contribution >= 4 is 53.1 Å². The van der Waals surface area contributed by atoms with Crippen molar-refractivity contribution in [1.29, 1.82) is 0 Å². The molecule has 2 heteroatoms. The topological polar surface area (TPSA) is 9.23 Å². The zero-order valence-electron chi connectivity index (χ0n) is 15.5. The molecule has 0 N–H and O–H groups in total. The normalized spacial score (nSPS) is 11.7. The maximum absolute atomic E-state index is 5.95. The molecular formula is C25H22OS. The molecule has 0 aliphatic heterocycles. The van der Waals surface area contributed by atoms with E-state index in [9.17, 15) is 0 Å². The van der Waals surface area contributed by atoms with Crippen molar-refractivity contribution in [3.8, 4) is 5.75 Å². The predicted molar refractivity (Wildman–Crippen MR) is 119 cm³/mol. The Balaban J connectivity index is 1.65. The lowest BCUT2D eigenvalue weighted by molar-refractivity contribution is 0.306. The molecule has 0 atom stereocenters. The second-order valence-corrected chi connectivity index (χ2v) is 8.22. The summed E-state index contributed by atoms with van der Waals surface area (Å²) in [6.45, 7) is 3.02. The van der Waals surface area contributed by atoms with Crippen molar-refractivity contribution in [3.05, 3.63) is 66.7 Å². The summed E-state index contributed by atoms with van der Waals surface area (Å²) in [7, 11) is 0. The average molecular weight is 371 g/mol. The highest BCUT2D eigenvalue weighted by molar-refractivity contribution is 7.26. The molecule has 1 heterocycles. The Morgan fingerprint density at radius 2 is 1.59 bits per heavy atom. The Labute approximate surface area is 163 Å². The molecule has 134 valence electrons. The Morgan fingerprint density at radius 3 is 2.52 bits per heavy atom. The number of benzene rings is 4. The largest absolute Gasteiger partial charge is 0.494 e. The molecule has 0 aliphatic rings. The van der Waals surface area contributed by atoms with Crippen LogP contribution >= 0.6 is 11.3 Å². The number of ether oxygens (including phenoxy) is 1. The highest BCUT2D eigenvalue weighted by Gasteiger charge is 2.10. The molecule has 0 saturated heterocycles. The summed E-state index contributed by atoms with van der Waals surface area (Å²) in [5.74, 6) is 0.972. The number of hydrogen-bond acceptors (Lipinski definition) is 2. The highest BCUT2D eigenvalue weighted by Crippen LogP contribution is 2.40. The predicted octanol–water partition coefficient (Wildman–Crippen LogP) is 7.93. The van der Waals surface area contributed by atoms with Crippen molar-refractivity contribution < 1.29 is 4.74 Å². The van der Waals surface area contributed by atoms with Crippen LogP contribution in [-0.4, -0.2) is 6.61 Å². The quantitative estimate of drug-likeness (QED) is 0.225. The molecule has 5 rings (SSSR count). The fraction of sp³-hybridized carbons (Fsp3) is 0.200. The summed E-state index contributed by atoms with van der Waals surface area (Å²) in [6, 6.07) is 24.3. The summed E-state index contributed by atoms with van der Waals surface area (Å²) in [6.07, 6.45) is 3.57. The first kappa shape index (κ1) is 16.6. The van der Waals surface area contributed by atoms with Crippen LogP contribution in [0.15, 0.2) is 66.7 Å². The van der Waals surface area contributed by atoms with Gasteiger partial charge in [-0.1, -0.05) is 62.2 Å². The lowest BCUT2D eigenvalue weighted by atomic mass is 9.98. The van der Waals surface area contributed by atoms with E-state index in [4.69, 9.17) is 4.74 Å². The van der Waals surface area contributed by atoms with Crippen molar-refractivity contribution in [2.45, 2.75) is 26.2 Å². The van der Waals surface area contributed by atoms with Gasteiger partial charge in [0.05, 0.1) is 6.61 Å². The minimum absolute atomic E-state index is 0.800. The van der Waals surface area contributed by atoms with Gasteiger partial charge in [0.15, 0.2) is 0 Å². The van der Waals surface area contributed by atoms with E-state index in [2.05, 4.69) is 73.7 Å². The Kier molecular flexibility index (Phi) is 4.21. The summed E-state index contributed by atoms with van der Waals surface area (Å²) in [4.78, 5) is 0. The van der Waals surface area contributed by atoms with E-state index in [0.717, 1.165) is 18.8 Å². The first-order chi connectivity index (χ1) is 13.3. The molecule has 0 fully saturated rings. The lowest BCUT2D eigenvalue weighted by Crippen LogP contribution is -1.96. The molecule has 0 saturated carbocycles. The number of hydrogen-bond donors (Lipinski definition) is 0. The lowest BCUT2D eigenvalue weighted by Gasteiger charge is -2.09. The van der Waals surface area contributed by atoms with Crippen LogP contribution in [0.4, 0.5) is 0 Å². The summed E-state index contributed by atoms with van der Waals surface area (Å²) < 4.78 is 8.66. The Hall–Kier alpha value is -2.58. The first-order valence-corrected chi connectivity index (χ1v) is 10.6. The molecule has 0 unspecified atom stereocenters. The van der Waals surface area contributed by atoms with Crippen LogP contribution < -0.4 is 4.74 Å². The second-order valence-electron chi connectivity index (χ2n) is 7.14. The van der Waals surface area contributed by atoms with Gasteiger partial charge in [-0.15, -0.1) is 11.3 Å². The monoisotopic (exact) mass is 370 g/mol. The first-order valence-electron chi connectivity index (χ1n) is 9.74. The molecule has 0 spiro atoms. The molecule has 1 nitrogen and oxygen atoms in total. The number of rotatable bonds is 5. The molecule has 1 aromatic heterocycles. The Bertz CT molecular complexity index is 1270. The molecule has 4 aromatic carbocycles. The van der Waals surface area contributed by atoms with E-state index >= 15 is 0 Å². The molecule has 0 aliphatic carbocycles. The standard InChI is InChI=1S/C25H22OS/c1-2-3-6-15-26-18-10-12-19-17(16-18)9-11-21-20(19)13-14-24-25(21)22-7-4-5-8-23(22)27-24/h4-5,7-14,16H,2-3,6,15H2,1H3. The zero-order valence-corrected chi connectivity index (χ0v) is 16.3. The van der Waals surface area contributed by atoms with E-state index < -0.39 is 0 Å². The van der Waals surface area contributed by atoms with Crippen LogP contribution in [0.3, 0.4) is 0 Å². The Morgan fingerprint density at radius 1 is 0.741 bits per heavy atom. The van der Waals surface area contributed by atoms with E-state index in [1.807, 2.05) is 11.3 Å². The maximum atomic E-state index is 5.95. The van der Waals surface area contributed by atoms with E-state index in [0.29, 0.717) is 0 Å². The summed E-state index contributed by atoms with van der Waals surface area (Å²) in [5.41, 5.74) is 0. The van der Waals surface area contributed by atoms with Gasteiger partial charge in [0.1, 0.15) is 5.75 Å². The van der Waals surface area contributed by atoms with Gasteiger partial charge in [-0.25, -0.2) is 0 Å². The van der Waals surface area contributed by atoms with Gasteiger partial charge in [-0.2, -0.15) is 0 Å². The third kappa shape index (κ3) is 2.85. The SMILES string of the molecule is CCCCCOc1ccc2c(ccc3c2ccc2sc4ccccc4c23)c1. The molecule has 0 amide bonds. The molecule has 0 bridgehead atoms. The number of unbranched alkanes of at least 4 members (excludes halogenated alkanes) is 2. The molecule has 27 heavy (non-hydrogen) atoms. The van der Waals surface area contributed by atoms with Gasteiger partial charge >= 0.3 is 0 Å². The van der Waals surface area contributed by atoms with E-state index in [-0.39, 0.29) is 0 Å². The van der Waals surface area contributed by atoms with E-state index in [1.165, 1.54) is 54.6 Å². The van der Waals surface area contributed by atoms with Gasteiger partial charge in [0.2, 0.25) is 0 Å². The van der Waals surface area contributed by atoms with Crippen LogP contribution in [-0.2, 0) is 0 Å².